The summed E-state index contributed by atoms with van der Waals surface area (Å²) < 4.78 is 6.02. The minimum absolute atomic E-state index is 0.100. The highest BCUT2D eigenvalue weighted by atomic mass is 32.1. The van der Waals surface area contributed by atoms with Crippen molar-refractivity contribution in [3.05, 3.63) is 69.0 Å². The molecule has 5 nitrogen and oxygen atoms in total. The Bertz CT molecular complexity index is 918. The lowest BCUT2D eigenvalue weighted by molar-refractivity contribution is -0.140. The Hall–Kier alpha value is -2.64. The van der Waals surface area contributed by atoms with E-state index in [-0.39, 0.29) is 18.4 Å². The van der Waals surface area contributed by atoms with E-state index in [2.05, 4.69) is 0 Å². The molecule has 0 saturated heterocycles. The summed E-state index contributed by atoms with van der Waals surface area (Å²) in [5.41, 5.74) is 0.710. The fourth-order valence-corrected chi connectivity index (χ4v) is 4.70. The summed E-state index contributed by atoms with van der Waals surface area (Å²) in [6.45, 7) is 2.78. The number of hydrogen-bond acceptors (Lipinski definition) is 5. The van der Waals surface area contributed by atoms with Gasteiger partial charge in [0.05, 0.1) is 25.3 Å². The number of thiophene rings is 2. The number of para-hydroxylation sites is 2. The predicted octanol–water partition coefficient (Wildman–Crippen LogP) is 4.15. The van der Waals surface area contributed by atoms with E-state index in [9.17, 15) is 9.59 Å². The number of fused-ring (bicyclic) bond motifs is 1. The second kappa shape index (κ2) is 8.16. The number of benzene rings is 1. The molecule has 3 aromatic rings. The molecule has 1 aromatic carbocycles. The molecular formula is C21H20N2O3S2. The van der Waals surface area contributed by atoms with Crippen LogP contribution in [-0.2, 0) is 22.7 Å². The van der Waals surface area contributed by atoms with Crippen molar-refractivity contribution in [1.82, 2.24) is 4.90 Å². The van der Waals surface area contributed by atoms with Gasteiger partial charge in [0.15, 0.2) is 6.10 Å². The largest absolute Gasteiger partial charge is 0.476 e. The molecule has 0 unspecified atom stereocenters. The molecule has 1 atom stereocenters. The number of hydrogen-bond donors (Lipinski definition) is 0. The molecule has 0 aliphatic carbocycles. The molecule has 0 bridgehead atoms. The van der Waals surface area contributed by atoms with E-state index >= 15 is 0 Å². The third-order valence-electron chi connectivity index (χ3n) is 4.59. The van der Waals surface area contributed by atoms with Crippen molar-refractivity contribution < 1.29 is 14.3 Å². The second-order valence-corrected chi connectivity index (χ2v) is 8.62. The van der Waals surface area contributed by atoms with Crippen LogP contribution < -0.4 is 9.64 Å². The molecule has 3 heterocycles. The van der Waals surface area contributed by atoms with Crippen LogP contribution in [0.1, 0.15) is 16.7 Å². The smallest absolute Gasteiger partial charge is 0.266 e. The molecule has 7 heteroatoms. The number of anilines is 1. The molecule has 1 aliphatic rings. The zero-order valence-corrected chi connectivity index (χ0v) is 17.0. The highest BCUT2D eigenvalue weighted by Crippen LogP contribution is 2.34. The normalized spacial score (nSPS) is 15.6. The maximum absolute atomic E-state index is 13.4. The maximum Gasteiger partial charge on any atom is 0.266 e. The molecule has 144 valence electrons. The number of nitrogens with zero attached hydrogens (tertiary/aromatic N) is 2. The van der Waals surface area contributed by atoms with Gasteiger partial charge in [-0.15, -0.1) is 22.7 Å². The van der Waals surface area contributed by atoms with Crippen LogP contribution in [0.5, 0.6) is 5.75 Å². The average Bonchev–Trinajstić information content (AvgIpc) is 3.40. The van der Waals surface area contributed by atoms with Crippen molar-refractivity contribution in [1.29, 1.82) is 0 Å². The van der Waals surface area contributed by atoms with Gasteiger partial charge in [-0.05, 0) is 35.0 Å². The van der Waals surface area contributed by atoms with Crippen molar-refractivity contribution in [3.8, 4) is 5.75 Å². The van der Waals surface area contributed by atoms with Gasteiger partial charge in [-0.3, -0.25) is 9.59 Å². The molecule has 4 rings (SSSR count). The first kappa shape index (κ1) is 18.7. The molecule has 2 aromatic heterocycles. The number of amides is 2. The van der Waals surface area contributed by atoms with Crippen LogP contribution in [0, 0.1) is 0 Å². The third-order valence-corrected chi connectivity index (χ3v) is 6.32. The van der Waals surface area contributed by atoms with E-state index in [1.165, 1.54) is 6.92 Å². The first-order valence-corrected chi connectivity index (χ1v) is 10.7. The Labute approximate surface area is 171 Å². The number of carbonyl (C=O) groups is 2. The Balaban J connectivity index is 1.60. The van der Waals surface area contributed by atoms with Crippen LogP contribution in [-0.4, -0.2) is 29.4 Å². The minimum atomic E-state index is -0.723. The van der Waals surface area contributed by atoms with Crippen molar-refractivity contribution >= 4 is 40.2 Å². The van der Waals surface area contributed by atoms with Gasteiger partial charge in [-0.1, -0.05) is 24.3 Å². The fraction of sp³-hybridized carbons (Fsp3) is 0.238. The second-order valence-electron chi connectivity index (χ2n) is 6.56. The molecule has 28 heavy (non-hydrogen) atoms. The summed E-state index contributed by atoms with van der Waals surface area (Å²) in [7, 11) is 0. The summed E-state index contributed by atoms with van der Waals surface area (Å²) in [5, 5.41) is 4.02. The molecule has 2 amide bonds. The average molecular weight is 413 g/mol. The molecule has 0 N–H and O–H groups in total. The summed E-state index contributed by atoms with van der Waals surface area (Å²) in [6, 6.07) is 15.4. The van der Waals surface area contributed by atoms with E-state index < -0.39 is 6.10 Å². The van der Waals surface area contributed by atoms with Crippen molar-refractivity contribution in [3.63, 3.8) is 0 Å². The van der Waals surface area contributed by atoms with Gasteiger partial charge in [-0.2, -0.15) is 0 Å². The van der Waals surface area contributed by atoms with Gasteiger partial charge in [0.1, 0.15) is 5.75 Å². The van der Waals surface area contributed by atoms with E-state index in [1.54, 1.807) is 33.6 Å². The van der Waals surface area contributed by atoms with Gasteiger partial charge in [0, 0.05) is 16.7 Å². The Morgan fingerprint density at radius 3 is 2.25 bits per heavy atom. The van der Waals surface area contributed by atoms with Gasteiger partial charge in [0.25, 0.3) is 5.91 Å². The summed E-state index contributed by atoms with van der Waals surface area (Å²) in [4.78, 5) is 31.2. The number of carbonyl (C=O) groups excluding carboxylic acids is 2. The standard InChI is InChI=1S/C21H20N2O3S2/c1-15(24)23-14-20(26-19-9-3-2-8-18(19)23)21(25)22(12-16-6-4-10-27-16)13-17-7-5-11-28-17/h2-11,20H,12-14H2,1H3/t20-/m1/s1. The van der Waals surface area contributed by atoms with E-state index in [0.717, 1.165) is 9.75 Å². The molecule has 0 saturated carbocycles. The third kappa shape index (κ3) is 3.95. The Morgan fingerprint density at radius 2 is 1.68 bits per heavy atom. The summed E-state index contributed by atoms with van der Waals surface area (Å²) in [5.74, 6) is 0.355. The van der Waals surface area contributed by atoms with Crippen LogP contribution in [0.2, 0.25) is 0 Å². The highest BCUT2D eigenvalue weighted by molar-refractivity contribution is 7.10. The van der Waals surface area contributed by atoms with Crippen LogP contribution >= 0.6 is 22.7 Å². The monoisotopic (exact) mass is 412 g/mol. The SMILES string of the molecule is CC(=O)N1C[C@H](C(=O)N(Cc2cccs2)Cc2cccs2)Oc2ccccc21. The Kier molecular flexibility index (Phi) is 5.45. The van der Waals surface area contributed by atoms with E-state index in [0.29, 0.717) is 24.5 Å². The lowest BCUT2D eigenvalue weighted by Gasteiger charge is -2.36. The highest BCUT2D eigenvalue weighted by Gasteiger charge is 2.35. The van der Waals surface area contributed by atoms with Gasteiger partial charge in [0.2, 0.25) is 5.91 Å². The van der Waals surface area contributed by atoms with Crippen LogP contribution in [0.4, 0.5) is 5.69 Å². The molecular weight excluding hydrogens is 392 g/mol. The van der Waals surface area contributed by atoms with Gasteiger partial charge >= 0.3 is 0 Å². The summed E-state index contributed by atoms with van der Waals surface area (Å²) in [6.07, 6.45) is -0.723. The van der Waals surface area contributed by atoms with Crippen molar-refractivity contribution in [2.45, 2.75) is 26.1 Å². The maximum atomic E-state index is 13.4. The predicted molar refractivity (Wildman–Crippen MR) is 112 cm³/mol. The van der Waals surface area contributed by atoms with Gasteiger partial charge in [-0.25, -0.2) is 0 Å². The number of rotatable bonds is 5. The zero-order valence-electron chi connectivity index (χ0n) is 15.4. The van der Waals surface area contributed by atoms with Crippen LogP contribution in [0.15, 0.2) is 59.3 Å². The van der Waals surface area contributed by atoms with Crippen LogP contribution in [0.3, 0.4) is 0 Å². The number of ether oxygens (including phenoxy) is 1. The van der Waals surface area contributed by atoms with Crippen molar-refractivity contribution in [2.24, 2.45) is 0 Å². The fourth-order valence-electron chi connectivity index (χ4n) is 3.26. The van der Waals surface area contributed by atoms with E-state index in [4.69, 9.17) is 4.74 Å². The molecule has 0 spiro atoms. The van der Waals surface area contributed by atoms with Crippen molar-refractivity contribution in [2.75, 3.05) is 11.4 Å². The minimum Gasteiger partial charge on any atom is -0.476 e. The van der Waals surface area contributed by atoms with Crippen LogP contribution in [0.25, 0.3) is 0 Å². The lowest BCUT2D eigenvalue weighted by atomic mass is 10.1. The van der Waals surface area contributed by atoms with E-state index in [1.807, 2.05) is 58.1 Å². The molecule has 0 fully saturated rings. The zero-order chi connectivity index (χ0) is 19.5. The molecule has 0 radical (unpaired) electrons. The summed E-state index contributed by atoms with van der Waals surface area (Å²) >= 11 is 3.25. The first-order valence-electron chi connectivity index (χ1n) is 8.99. The quantitative estimate of drug-likeness (QED) is 0.632. The lowest BCUT2D eigenvalue weighted by Crippen LogP contribution is -2.51. The molecule has 1 aliphatic heterocycles. The first-order chi connectivity index (χ1) is 13.6. The van der Waals surface area contributed by atoms with Gasteiger partial charge < -0.3 is 14.5 Å². The topological polar surface area (TPSA) is 49.9 Å². The Morgan fingerprint density at radius 1 is 1.04 bits per heavy atom.